The lowest BCUT2D eigenvalue weighted by Crippen LogP contribution is -2.34. The summed E-state index contributed by atoms with van der Waals surface area (Å²) in [5, 5.41) is 0. The topological polar surface area (TPSA) is 46.2 Å². The second-order valence-corrected chi connectivity index (χ2v) is 11.7. The fraction of sp³-hybridized carbons (Fsp3) is 0.556. The fourth-order valence-corrected chi connectivity index (χ4v) is 6.80. The molecule has 0 aliphatic heterocycles. The van der Waals surface area contributed by atoms with E-state index in [-0.39, 0.29) is 17.9 Å². The summed E-state index contributed by atoms with van der Waals surface area (Å²) in [6.45, 7) is 12.7. The molecule has 0 spiro atoms. The molecule has 0 radical (unpaired) electrons. The average Bonchev–Trinajstić information content (AvgIpc) is 3.26. The lowest BCUT2D eigenvalue weighted by molar-refractivity contribution is 0.410. The maximum absolute atomic E-state index is 14.0. The number of sulfonamides is 1. The molecule has 31 heavy (non-hydrogen) atoms. The van der Waals surface area contributed by atoms with E-state index in [1.165, 1.54) is 18.4 Å². The Morgan fingerprint density at radius 3 is 1.74 bits per heavy atom. The van der Waals surface area contributed by atoms with Crippen molar-refractivity contribution in [1.29, 1.82) is 0 Å². The Morgan fingerprint density at radius 2 is 1.29 bits per heavy atom. The molecule has 1 atom stereocenters. The maximum atomic E-state index is 14.0. The minimum Gasteiger partial charge on any atom is -0.207 e. The number of rotatable bonds is 8. The summed E-state index contributed by atoms with van der Waals surface area (Å²) in [6.07, 6.45) is 4.49. The highest BCUT2D eigenvalue weighted by atomic mass is 32.2. The van der Waals surface area contributed by atoms with Gasteiger partial charge in [-0.3, -0.25) is 0 Å². The van der Waals surface area contributed by atoms with E-state index >= 15 is 0 Å². The molecule has 0 aromatic heterocycles. The SMILES string of the molecule is CC(C)c1cc(C(C)C)c(S(=O)(=O)NC(c2ccccc2)C2CCCC2)c(C(C)C)c1. The van der Waals surface area contributed by atoms with Crippen LogP contribution in [0.15, 0.2) is 47.4 Å². The Balaban J connectivity index is 2.13. The predicted octanol–water partition coefficient (Wildman–Crippen LogP) is 7.27. The van der Waals surface area contributed by atoms with E-state index < -0.39 is 10.0 Å². The first-order valence-electron chi connectivity index (χ1n) is 11.9. The molecule has 2 aromatic rings. The van der Waals surface area contributed by atoms with Gasteiger partial charge >= 0.3 is 0 Å². The Hall–Kier alpha value is -1.65. The molecule has 1 unspecified atom stereocenters. The lowest BCUT2D eigenvalue weighted by Gasteiger charge is -2.28. The summed E-state index contributed by atoms with van der Waals surface area (Å²) in [4.78, 5) is 0.501. The van der Waals surface area contributed by atoms with Gasteiger partial charge in [0.05, 0.1) is 4.90 Å². The van der Waals surface area contributed by atoms with Gasteiger partial charge in [-0.2, -0.15) is 0 Å². The van der Waals surface area contributed by atoms with E-state index in [9.17, 15) is 8.42 Å². The molecule has 1 N–H and O–H groups in total. The minimum atomic E-state index is -3.69. The van der Waals surface area contributed by atoms with Crippen molar-refractivity contribution >= 4 is 10.0 Å². The van der Waals surface area contributed by atoms with Crippen molar-refractivity contribution in [2.75, 3.05) is 0 Å². The molecule has 0 saturated heterocycles. The van der Waals surface area contributed by atoms with Gasteiger partial charge in [0.2, 0.25) is 10.0 Å². The molecular formula is C27H39NO2S. The molecule has 0 heterocycles. The smallest absolute Gasteiger partial charge is 0.207 e. The van der Waals surface area contributed by atoms with Crippen molar-refractivity contribution in [3.63, 3.8) is 0 Å². The molecule has 170 valence electrons. The van der Waals surface area contributed by atoms with Crippen LogP contribution in [0.1, 0.15) is 113 Å². The monoisotopic (exact) mass is 441 g/mol. The zero-order valence-electron chi connectivity index (χ0n) is 20.0. The van der Waals surface area contributed by atoms with Crippen molar-refractivity contribution in [2.24, 2.45) is 5.92 Å². The third-order valence-electron chi connectivity index (χ3n) is 6.66. The van der Waals surface area contributed by atoms with Crippen molar-refractivity contribution < 1.29 is 8.42 Å². The van der Waals surface area contributed by atoms with Crippen LogP contribution in [0.2, 0.25) is 0 Å². The summed E-state index contributed by atoms with van der Waals surface area (Å²) in [5.74, 6) is 0.959. The van der Waals surface area contributed by atoms with Gasteiger partial charge in [0.15, 0.2) is 0 Å². The molecule has 1 saturated carbocycles. The maximum Gasteiger partial charge on any atom is 0.241 e. The van der Waals surface area contributed by atoms with Crippen LogP contribution in [-0.4, -0.2) is 8.42 Å². The quantitative estimate of drug-likeness (QED) is 0.468. The van der Waals surface area contributed by atoms with Crippen LogP contribution in [0, 0.1) is 5.92 Å². The molecule has 1 fully saturated rings. The Bertz CT molecular complexity index is 943. The van der Waals surface area contributed by atoms with Crippen molar-refractivity contribution in [2.45, 2.75) is 95.9 Å². The van der Waals surface area contributed by atoms with Crippen LogP contribution < -0.4 is 4.72 Å². The summed E-state index contributed by atoms with van der Waals surface area (Å²) < 4.78 is 31.2. The molecule has 3 rings (SSSR count). The standard InChI is InChI=1S/C27H39NO2S/c1-18(2)23-16-24(19(3)4)27(25(17-23)20(5)6)31(29,30)28-26(22-14-10-11-15-22)21-12-8-7-9-13-21/h7-9,12-13,16-20,22,26,28H,10-11,14-15H2,1-6H3. The molecular weight excluding hydrogens is 402 g/mol. The molecule has 1 aliphatic rings. The van der Waals surface area contributed by atoms with Gasteiger partial charge in [0.25, 0.3) is 0 Å². The summed E-state index contributed by atoms with van der Waals surface area (Å²) in [5.41, 5.74) is 4.14. The minimum absolute atomic E-state index is 0.129. The van der Waals surface area contributed by atoms with E-state index in [0.717, 1.165) is 29.5 Å². The average molecular weight is 442 g/mol. The second-order valence-electron chi connectivity index (χ2n) is 10.0. The Morgan fingerprint density at radius 1 is 0.774 bits per heavy atom. The number of nitrogens with one attached hydrogen (secondary N) is 1. The summed E-state index contributed by atoms with van der Waals surface area (Å²) >= 11 is 0. The van der Waals surface area contributed by atoms with Gasteiger partial charge in [-0.25, -0.2) is 13.1 Å². The van der Waals surface area contributed by atoms with E-state index in [0.29, 0.717) is 16.7 Å². The Kier molecular flexibility index (Phi) is 7.64. The van der Waals surface area contributed by atoms with Crippen molar-refractivity contribution in [3.8, 4) is 0 Å². The second kappa shape index (κ2) is 9.87. The van der Waals surface area contributed by atoms with Gasteiger partial charge in [-0.15, -0.1) is 0 Å². The Labute approximate surface area is 189 Å². The van der Waals surface area contributed by atoms with E-state index in [1.807, 2.05) is 18.2 Å². The first kappa shape index (κ1) is 24.0. The van der Waals surface area contributed by atoms with E-state index in [1.54, 1.807) is 0 Å². The normalized spacial score (nSPS) is 16.5. The molecule has 0 bridgehead atoms. The van der Waals surface area contributed by atoms with Crippen LogP contribution >= 0.6 is 0 Å². The van der Waals surface area contributed by atoms with Gasteiger partial charge in [0, 0.05) is 6.04 Å². The first-order valence-corrected chi connectivity index (χ1v) is 13.3. The van der Waals surface area contributed by atoms with E-state index in [4.69, 9.17) is 0 Å². The van der Waals surface area contributed by atoms with Crippen molar-refractivity contribution in [3.05, 3.63) is 64.7 Å². The van der Waals surface area contributed by atoms with Crippen molar-refractivity contribution in [1.82, 2.24) is 4.72 Å². The summed E-state index contributed by atoms with van der Waals surface area (Å²) in [7, 11) is -3.69. The van der Waals surface area contributed by atoms with E-state index in [2.05, 4.69) is 70.5 Å². The number of benzene rings is 2. The zero-order valence-corrected chi connectivity index (χ0v) is 20.8. The largest absolute Gasteiger partial charge is 0.241 e. The zero-order chi connectivity index (χ0) is 22.8. The first-order chi connectivity index (χ1) is 14.6. The highest BCUT2D eigenvalue weighted by Crippen LogP contribution is 2.39. The van der Waals surface area contributed by atoms with Gasteiger partial charge in [-0.1, -0.05) is 96.8 Å². The molecule has 2 aromatic carbocycles. The van der Waals surface area contributed by atoms with Gasteiger partial charge in [-0.05, 0) is 58.8 Å². The highest BCUT2D eigenvalue weighted by Gasteiger charge is 2.33. The van der Waals surface area contributed by atoms with Crippen LogP contribution in [0.4, 0.5) is 0 Å². The predicted molar refractivity (Wildman–Crippen MR) is 130 cm³/mol. The molecule has 1 aliphatic carbocycles. The third-order valence-corrected chi connectivity index (χ3v) is 8.23. The number of hydrogen-bond donors (Lipinski definition) is 1. The summed E-state index contributed by atoms with van der Waals surface area (Å²) in [6, 6.07) is 14.1. The molecule has 0 amide bonds. The van der Waals surface area contributed by atoms with Gasteiger partial charge in [0.1, 0.15) is 0 Å². The van der Waals surface area contributed by atoms with Crippen LogP contribution in [-0.2, 0) is 10.0 Å². The molecule has 4 heteroatoms. The molecule has 3 nitrogen and oxygen atoms in total. The third kappa shape index (κ3) is 5.40. The van der Waals surface area contributed by atoms with Crippen LogP contribution in [0.5, 0.6) is 0 Å². The fourth-order valence-electron chi connectivity index (χ4n) is 4.81. The number of hydrogen-bond acceptors (Lipinski definition) is 2. The lowest BCUT2D eigenvalue weighted by atomic mass is 9.89. The van der Waals surface area contributed by atoms with Crippen LogP contribution in [0.3, 0.4) is 0 Å². The highest BCUT2D eigenvalue weighted by molar-refractivity contribution is 7.89. The van der Waals surface area contributed by atoms with Gasteiger partial charge < -0.3 is 0 Å². The van der Waals surface area contributed by atoms with Crippen LogP contribution in [0.25, 0.3) is 0 Å².